The van der Waals surface area contributed by atoms with Gasteiger partial charge in [0.15, 0.2) is 11.6 Å². The minimum absolute atomic E-state index is 0.134. The number of methoxy groups -OCH3 is 2. The molecule has 2 aromatic rings. The number of Topliss-reactive ketones (excluding diaryl/α,β-unsaturated/α-hetero) is 2. The molecule has 1 fully saturated rings. The van der Waals surface area contributed by atoms with Crippen LogP contribution in [0, 0.1) is 29.6 Å². The van der Waals surface area contributed by atoms with E-state index in [4.69, 9.17) is 26.8 Å². The number of carbonyl (C=O) groups excluding carboxylic acids is 5. The monoisotopic (exact) mass is 757 g/mol. The number of carbonyl (C=O) groups is 5. The van der Waals surface area contributed by atoms with E-state index in [1.54, 1.807) is 70.2 Å². The lowest BCUT2D eigenvalue weighted by atomic mass is 9.71. The second-order valence-corrected chi connectivity index (χ2v) is 14.7. The number of halogens is 1. The third-order valence-electron chi connectivity index (χ3n) is 9.91. The predicted octanol–water partition coefficient (Wildman–Crippen LogP) is 4.89. The number of alkyl halides is 1. The molecule has 3 amide bonds. The van der Waals surface area contributed by atoms with Crippen molar-refractivity contribution >= 4 is 41.3 Å². The molecule has 6 N–H and O–H groups in total. The Balaban J connectivity index is 2.29. The fourth-order valence-electron chi connectivity index (χ4n) is 6.79. The Bertz CT molecular complexity index is 1520. The molecular formula is C39H56ClN5O8. The molecule has 292 valence electrons. The molecule has 3 rings (SSSR count). The molecule has 0 aliphatic heterocycles. The molecule has 0 heterocycles. The van der Waals surface area contributed by atoms with Gasteiger partial charge in [-0.25, -0.2) is 15.0 Å². The summed E-state index contributed by atoms with van der Waals surface area (Å²) < 4.78 is 9.65. The third kappa shape index (κ3) is 11.7. The van der Waals surface area contributed by atoms with Crippen LogP contribution in [0.15, 0.2) is 54.6 Å². The van der Waals surface area contributed by atoms with E-state index < -0.39 is 77.7 Å². The molecule has 0 saturated heterocycles. The molecule has 53 heavy (non-hydrogen) atoms. The Morgan fingerprint density at radius 1 is 0.868 bits per heavy atom. The molecule has 1 unspecified atom stereocenters. The lowest BCUT2D eigenvalue weighted by molar-refractivity contribution is -0.146. The van der Waals surface area contributed by atoms with Crippen LogP contribution in [0.3, 0.4) is 0 Å². The molecule has 13 nitrogen and oxygen atoms in total. The van der Waals surface area contributed by atoms with Crippen LogP contribution in [0.25, 0.3) is 0 Å². The summed E-state index contributed by atoms with van der Waals surface area (Å²) in [6.07, 6.45) is 3.35. The molecule has 0 radical (unpaired) electrons. The van der Waals surface area contributed by atoms with E-state index >= 15 is 0 Å². The molecule has 0 bridgehead atoms. The number of alkyl carbamates (subject to hydrolysis) is 2. The Morgan fingerprint density at radius 3 is 1.92 bits per heavy atom. The maximum Gasteiger partial charge on any atom is 0.407 e. The van der Waals surface area contributed by atoms with Crippen LogP contribution in [-0.2, 0) is 30.7 Å². The number of nitrogens with one attached hydrogen (secondary N) is 3. The molecule has 14 heteroatoms. The van der Waals surface area contributed by atoms with E-state index in [9.17, 15) is 29.1 Å². The summed E-state index contributed by atoms with van der Waals surface area (Å²) in [7, 11) is 2.35. The van der Waals surface area contributed by atoms with Crippen molar-refractivity contribution in [3.63, 3.8) is 0 Å². The van der Waals surface area contributed by atoms with Crippen LogP contribution >= 0.6 is 11.6 Å². The predicted molar refractivity (Wildman–Crippen MR) is 201 cm³/mol. The van der Waals surface area contributed by atoms with Crippen LogP contribution in [0.2, 0.25) is 0 Å². The van der Waals surface area contributed by atoms with E-state index in [1.165, 1.54) is 24.3 Å². The number of nitrogens with two attached hydrogens (primary N) is 1. The average Bonchev–Trinajstić information content (AvgIpc) is 3.16. The summed E-state index contributed by atoms with van der Waals surface area (Å²) >= 11 is 6.05. The van der Waals surface area contributed by atoms with E-state index in [-0.39, 0.29) is 22.9 Å². The Kier molecular flexibility index (Phi) is 16.7. The van der Waals surface area contributed by atoms with Crippen molar-refractivity contribution in [3.8, 4) is 0 Å². The third-order valence-corrected chi connectivity index (χ3v) is 10.2. The fraction of sp³-hybridized carbons (Fsp3) is 0.564. The number of nitrogens with zero attached hydrogens (tertiary/aromatic N) is 1. The second-order valence-electron chi connectivity index (χ2n) is 14.4. The highest BCUT2D eigenvalue weighted by molar-refractivity contribution is 6.17. The molecule has 1 saturated carbocycles. The SMILES string of the molecule is COC(=O)N[C@H](C(=O)[C@@H]([C@H](CN(NCC1CCCCC1)C(=O)[C@@H](NC(=O)OC)C(C)C)C(=O)c1ccc(CCl)cc1)C(N)(O)c1ccccc1)C(C)C. The number of hydrogen-bond acceptors (Lipinski definition) is 10. The number of rotatable bonds is 18. The van der Waals surface area contributed by atoms with Crippen LogP contribution in [0.4, 0.5) is 9.59 Å². The van der Waals surface area contributed by atoms with Gasteiger partial charge < -0.3 is 25.2 Å². The quantitative estimate of drug-likeness (QED) is 0.0606. The Hall–Kier alpha value is -4.04. The highest BCUT2D eigenvalue weighted by atomic mass is 35.5. The second kappa shape index (κ2) is 20.4. The van der Waals surface area contributed by atoms with Crippen molar-refractivity contribution in [2.24, 2.45) is 35.3 Å². The summed E-state index contributed by atoms with van der Waals surface area (Å²) in [6, 6.07) is 12.2. The summed E-state index contributed by atoms with van der Waals surface area (Å²) in [4.78, 5) is 69.4. The molecule has 5 atom stereocenters. The standard InChI is InChI=1S/C39H56ClN5O8/c1-24(2)32(43-37(49)52-5)35(47)31(39(41,51)29-15-11-8-12-16-29)30(34(46)28-19-17-26(21-40)18-20-28)23-45(42-22-27-13-9-7-10-14-27)36(48)33(25(3)4)44-38(50)53-6/h8,11-12,15-20,24-25,27,30-33,42,51H,7,9-10,13-14,21-23,41H2,1-6H3,(H,43,49)(H,44,50)/t30-,31+,32-,33-,39?/m0/s1. The normalized spacial score (nSPS) is 16.8. The number of ketones is 2. The lowest BCUT2D eigenvalue weighted by Crippen LogP contribution is -2.62. The van der Waals surface area contributed by atoms with E-state index in [0.29, 0.717) is 6.54 Å². The van der Waals surface area contributed by atoms with Gasteiger partial charge in [-0.15, -0.1) is 11.6 Å². The zero-order valence-corrected chi connectivity index (χ0v) is 32.4. The number of hydrogen-bond donors (Lipinski definition) is 5. The van der Waals surface area contributed by atoms with Crippen LogP contribution in [-0.4, -0.2) is 79.2 Å². The van der Waals surface area contributed by atoms with Crippen LogP contribution in [0.1, 0.15) is 81.3 Å². The summed E-state index contributed by atoms with van der Waals surface area (Å²) in [5.74, 6) is -5.68. The van der Waals surface area contributed by atoms with Crippen molar-refractivity contribution in [2.75, 3.05) is 27.3 Å². The summed E-state index contributed by atoms with van der Waals surface area (Å²) in [5, 5.41) is 18.8. The molecule has 0 aromatic heterocycles. The minimum atomic E-state index is -2.49. The Morgan fingerprint density at radius 2 is 1.42 bits per heavy atom. The highest BCUT2D eigenvalue weighted by Gasteiger charge is 2.51. The van der Waals surface area contributed by atoms with Gasteiger partial charge in [0.25, 0.3) is 5.91 Å². The van der Waals surface area contributed by atoms with Crippen LogP contribution < -0.4 is 21.8 Å². The van der Waals surface area contributed by atoms with Gasteiger partial charge in [-0.2, -0.15) is 0 Å². The molecular weight excluding hydrogens is 702 g/mol. The highest BCUT2D eigenvalue weighted by Crippen LogP contribution is 2.36. The number of aliphatic hydroxyl groups is 1. The molecule has 0 spiro atoms. The Labute approximate surface area is 317 Å². The maximum atomic E-state index is 14.9. The first-order valence-electron chi connectivity index (χ1n) is 18.2. The van der Waals surface area contributed by atoms with Gasteiger partial charge in [-0.3, -0.25) is 25.1 Å². The molecule has 2 aromatic carbocycles. The summed E-state index contributed by atoms with van der Waals surface area (Å²) in [5.41, 5.74) is 8.63. The smallest absolute Gasteiger partial charge is 0.407 e. The van der Waals surface area contributed by atoms with Crippen molar-refractivity contribution in [1.29, 1.82) is 0 Å². The van der Waals surface area contributed by atoms with Gasteiger partial charge in [0.2, 0.25) is 0 Å². The first-order valence-corrected chi connectivity index (χ1v) is 18.7. The van der Waals surface area contributed by atoms with E-state index in [0.717, 1.165) is 44.8 Å². The van der Waals surface area contributed by atoms with Crippen molar-refractivity contribution in [3.05, 3.63) is 71.3 Å². The van der Waals surface area contributed by atoms with Gasteiger partial charge >= 0.3 is 12.2 Å². The topological polar surface area (TPSA) is 189 Å². The average molecular weight is 758 g/mol. The number of amides is 3. The first-order chi connectivity index (χ1) is 25.2. The van der Waals surface area contributed by atoms with Gasteiger partial charge in [-0.05, 0) is 41.7 Å². The van der Waals surface area contributed by atoms with E-state index in [2.05, 4.69) is 16.1 Å². The van der Waals surface area contributed by atoms with Gasteiger partial charge in [0, 0.05) is 24.5 Å². The van der Waals surface area contributed by atoms with Crippen molar-refractivity contribution < 1.29 is 38.6 Å². The van der Waals surface area contributed by atoms with Crippen molar-refractivity contribution in [1.82, 2.24) is 21.1 Å². The number of hydrazine groups is 1. The summed E-state index contributed by atoms with van der Waals surface area (Å²) in [6.45, 7) is 6.84. The largest absolute Gasteiger partial charge is 0.453 e. The van der Waals surface area contributed by atoms with Gasteiger partial charge in [-0.1, -0.05) is 102 Å². The van der Waals surface area contributed by atoms with Crippen molar-refractivity contribution in [2.45, 2.75) is 83.5 Å². The fourth-order valence-corrected chi connectivity index (χ4v) is 6.97. The minimum Gasteiger partial charge on any atom is -0.453 e. The number of ether oxygens (including phenoxy) is 2. The lowest BCUT2D eigenvalue weighted by Gasteiger charge is -2.41. The van der Waals surface area contributed by atoms with Crippen LogP contribution in [0.5, 0.6) is 0 Å². The van der Waals surface area contributed by atoms with Gasteiger partial charge in [0.05, 0.1) is 32.1 Å². The zero-order chi connectivity index (χ0) is 39.3. The molecule has 1 aliphatic carbocycles. The first kappa shape index (κ1) is 43.4. The van der Waals surface area contributed by atoms with E-state index in [1.807, 2.05) is 0 Å². The maximum absolute atomic E-state index is 14.9. The zero-order valence-electron chi connectivity index (χ0n) is 31.6. The number of benzene rings is 2. The van der Waals surface area contributed by atoms with Gasteiger partial charge in [0.1, 0.15) is 11.8 Å². The molecule has 1 aliphatic rings.